The molecule has 2 atom stereocenters. The van der Waals surface area contributed by atoms with Gasteiger partial charge in [-0.05, 0) is 43.0 Å². The number of hydrogen-bond acceptors (Lipinski definition) is 2. The van der Waals surface area contributed by atoms with Crippen LogP contribution in [0.4, 0.5) is 5.69 Å². The number of anilines is 1. The van der Waals surface area contributed by atoms with Crippen molar-refractivity contribution in [1.82, 2.24) is 0 Å². The van der Waals surface area contributed by atoms with Gasteiger partial charge >= 0.3 is 0 Å². The van der Waals surface area contributed by atoms with Gasteiger partial charge in [0.25, 0.3) is 0 Å². The first kappa shape index (κ1) is 13.6. The fourth-order valence-electron chi connectivity index (χ4n) is 2.02. The smallest absolute Gasteiger partial charge is 0.227 e. The molecule has 0 radical (unpaired) electrons. The van der Waals surface area contributed by atoms with Gasteiger partial charge in [0.2, 0.25) is 5.91 Å². The summed E-state index contributed by atoms with van der Waals surface area (Å²) in [6.45, 7) is 4.15. The summed E-state index contributed by atoms with van der Waals surface area (Å²) < 4.78 is 0. The van der Waals surface area contributed by atoms with E-state index >= 15 is 0 Å². The SMILES string of the molecule is Cc1cc(NC(=O)C2CC2C)ccc1C#CCCO. The maximum atomic E-state index is 11.8. The second-order valence-electron chi connectivity index (χ2n) is 5.11. The number of amides is 1. The Kier molecular flexibility index (Phi) is 4.24. The minimum Gasteiger partial charge on any atom is -0.395 e. The van der Waals surface area contributed by atoms with Crippen LogP contribution in [0.15, 0.2) is 18.2 Å². The fourth-order valence-corrected chi connectivity index (χ4v) is 2.02. The summed E-state index contributed by atoms with van der Waals surface area (Å²) in [7, 11) is 0. The minimum atomic E-state index is 0.0831. The van der Waals surface area contributed by atoms with Crippen LogP contribution in [0, 0.1) is 30.6 Å². The molecule has 0 aliphatic heterocycles. The lowest BCUT2D eigenvalue weighted by atomic mass is 10.1. The Balaban J connectivity index is 2.02. The largest absolute Gasteiger partial charge is 0.395 e. The lowest BCUT2D eigenvalue weighted by molar-refractivity contribution is -0.117. The fraction of sp³-hybridized carbons (Fsp3) is 0.438. The highest BCUT2D eigenvalue weighted by Crippen LogP contribution is 2.38. The highest BCUT2D eigenvalue weighted by atomic mass is 16.2. The van der Waals surface area contributed by atoms with Crippen molar-refractivity contribution in [2.24, 2.45) is 11.8 Å². The van der Waals surface area contributed by atoms with E-state index in [1.807, 2.05) is 25.1 Å². The lowest BCUT2D eigenvalue weighted by Crippen LogP contribution is -2.14. The summed E-state index contributed by atoms with van der Waals surface area (Å²) in [5.74, 6) is 6.73. The van der Waals surface area contributed by atoms with Crippen molar-refractivity contribution in [2.45, 2.75) is 26.7 Å². The van der Waals surface area contributed by atoms with Gasteiger partial charge in [0.15, 0.2) is 0 Å². The maximum Gasteiger partial charge on any atom is 0.227 e. The number of aliphatic hydroxyl groups excluding tert-OH is 1. The van der Waals surface area contributed by atoms with Crippen LogP contribution in [0.3, 0.4) is 0 Å². The lowest BCUT2D eigenvalue weighted by Gasteiger charge is -2.06. The first-order chi connectivity index (χ1) is 9.11. The van der Waals surface area contributed by atoms with E-state index in [-0.39, 0.29) is 18.4 Å². The van der Waals surface area contributed by atoms with E-state index in [0.29, 0.717) is 12.3 Å². The Hall–Kier alpha value is -1.79. The molecule has 2 rings (SSSR count). The summed E-state index contributed by atoms with van der Waals surface area (Å²) in [6.07, 6.45) is 1.48. The molecular weight excluding hydrogens is 238 g/mol. The quantitative estimate of drug-likeness (QED) is 0.816. The van der Waals surface area contributed by atoms with Crippen LogP contribution in [-0.2, 0) is 4.79 Å². The number of carbonyl (C=O) groups is 1. The van der Waals surface area contributed by atoms with E-state index in [1.54, 1.807) is 0 Å². The van der Waals surface area contributed by atoms with Crippen LogP contribution in [0.2, 0.25) is 0 Å². The second kappa shape index (κ2) is 5.90. The van der Waals surface area contributed by atoms with Gasteiger partial charge in [0.05, 0.1) is 6.61 Å². The average Bonchev–Trinajstić information content (AvgIpc) is 3.09. The number of rotatable bonds is 3. The predicted molar refractivity (Wildman–Crippen MR) is 75.7 cm³/mol. The molecule has 1 amide bonds. The monoisotopic (exact) mass is 257 g/mol. The summed E-state index contributed by atoms with van der Waals surface area (Å²) >= 11 is 0. The molecule has 3 heteroatoms. The molecule has 0 bridgehead atoms. The molecule has 1 aromatic rings. The van der Waals surface area contributed by atoms with Crippen molar-refractivity contribution in [1.29, 1.82) is 0 Å². The second-order valence-corrected chi connectivity index (χ2v) is 5.11. The topological polar surface area (TPSA) is 49.3 Å². The third kappa shape index (κ3) is 3.59. The van der Waals surface area contributed by atoms with E-state index in [4.69, 9.17) is 5.11 Å². The zero-order valence-corrected chi connectivity index (χ0v) is 11.4. The van der Waals surface area contributed by atoms with E-state index in [9.17, 15) is 4.79 Å². The van der Waals surface area contributed by atoms with Gasteiger partial charge in [-0.3, -0.25) is 4.79 Å². The van der Waals surface area contributed by atoms with E-state index in [0.717, 1.165) is 23.2 Å². The molecule has 1 aromatic carbocycles. The van der Waals surface area contributed by atoms with Gasteiger partial charge in [0.1, 0.15) is 0 Å². The van der Waals surface area contributed by atoms with Crippen LogP contribution < -0.4 is 5.32 Å². The number of nitrogens with one attached hydrogen (secondary N) is 1. The predicted octanol–water partition coefficient (Wildman–Crippen LogP) is 2.32. The van der Waals surface area contributed by atoms with Crippen LogP contribution >= 0.6 is 0 Å². The molecule has 0 aromatic heterocycles. The molecule has 1 aliphatic rings. The summed E-state index contributed by atoms with van der Waals surface area (Å²) in [6, 6.07) is 5.72. The van der Waals surface area contributed by atoms with Crippen LogP contribution in [0.25, 0.3) is 0 Å². The molecular formula is C16H19NO2. The average molecular weight is 257 g/mol. The third-order valence-corrected chi connectivity index (χ3v) is 3.40. The third-order valence-electron chi connectivity index (χ3n) is 3.40. The van der Waals surface area contributed by atoms with Gasteiger partial charge in [-0.25, -0.2) is 0 Å². The molecule has 0 spiro atoms. The van der Waals surface area contributed by atoms with Crippen LogP contribution in [0.5, 0.6) is 0 Å². The molecule has 0 heterocycles. The molecule has 2 N–H and O–H groups in total. The Morgan fingerprint density at radius 3 is 2.84 bits per heavy atom. The molecule has 0 saturated heterocycles. The number of hydrogen-bond donors (Lipinski definition) is 2. The molecule has 1 fully saturated rings. The van der Waals surface area contributed by atoms with E-state index < -0.39 is 0 Å². The summed E-state index contributed by atoms with van der Waals surface area (Å²) in [5, 5.41) is 11.6. The molecule has 1 aliphatic carbocycles. The summed E-state index contributed by atoms with van der Waals surface area (Å²) in [4.78, 5) is 11.8. The Morgan fingerprint density at radius 1 is 1.53 bits per heavy atom. The van der Waals surface area contributed by atoms with Crippen molar-refractivity contribution >= 4 is 11.6 Å². The van der Waals surface area contributed by atoms with Gasteiger partial charge in [0, 0.05) is 23.6 Å². The maximum absolute atomic E-state index is 11.8. The van der Waals surface area contributed by atoms with Crippen molar-refractivity contribution in [2.75, 3.05) is 11.9 Å². The van der Waals surface area contributed by atoms with Crippen LogP contribution in [0.1, 0.15) is 30.9 Å². The Labute approximate surface area is 114 Å². The molecule has 3 nitrogen and oxygen atoms in total. The number of benzene rings is 1. The number of aryl methyl sites for hydroxylation is 1. The Morgan fingerprint density at radius 2 is 2.26 bits per heavy atom. The summed E-state index contributed by atoms with van der Waals surface area (Å²) in [5.41, 5.74) is 2.80. The van der Waals surface area contributed by atoms with Gasteiger partial charge < -0.3 is 10.4 Å². The molecule has 1 saturated carbocycles. The van der Waals surface area contributed by atoms with E-state index in [2.05, 4.69) is 24.1 Å². The number of aliphatic hydroxyl groups is 1. The zero-order valence-electron chi connectivity index (χ0n) is 11.4. The van der Waals surface area contributed by atoms with Crippen LogP contribution in [-0.4, -0.2) is 17.6 Å². The highest BCUT2D eigenvalue weighted by Gasteiger charge is 2.39. The Bertz CT molecular complexity index is 539. The highest BCUT2D eigenvalue weighted by molar-refractivity contribution is 5.94. The van der Waals surface area contributed by atoms with Gasteiger partial charge in [-0.15, -0.1) is 0 Å². The first-order valence-electron chi connectivity index (χ1n) is 6.63. The first-order valence-corrected chi connectivity index (χ1v) is 6.63. The normalized spacial score (nSPS) is 20.4. The van der Waals surface area contributed by atoms with Gasteiger partial charge in [-0.2, -0.15) is 0 Å². The molecule has 100 valence electrons. The van der Waals surface area contributed by atoms with Crippen molar-refractivity contribution in [3.05, 3.63) is 29.3 Å². The van der Waals surface area contributed by atoms with Crippen molar-refractivity contribution in [3.8, 4) is 11.8 Å². The number of carbonyl (C=O) groups excluding carboxylic acids is 1. The minimum absolute atomic E-state index is 0.0831. The van der Waals surface area contributed by atoms with Gasteiger partial charge in [-0.1, -0.05) is 18.8 Å². The van der Waals surface area contributed by atoms with E-state index in [1.165, 1.54) is 0 Å². The van der Waals surface area contributed by atoms with Crippen molar-refractivity contribution in [3.63, 3.8) is 0 Å². The molecule has 2 unspecified atom stereocenters. The standard InChI is InChI=1S/C16H19NO2/c1-11-9-14(17-16(19)15-10-12(15)2)7-6-13(11)5-3-4-8-18/h6-7,9,12,15,18H,4,8,10H2,1-2H3,(H,17,19). The van der Waals surface area contributed by atoms with Crippen molar-refractivity contribution < 1.29 is 9.90 Å². The molecule has 19 heavy (non-hydrogen) atoms. The zero-order chi connectivity index (χ0) is 13.8.